The molecule has 2 N–H and O–H groups in total. The Hall–Kier alpha value is -0.910. The highest BCUT2D eigenvalue weighted by molar-refractivity contribution is 7.83. The summed E-state index contributed by atoms with van der Waals surface area (Å²) in [6.45, 7) is 2.17. The van der Waals surface area contributed by atoms with Crippen molar-refractivity contribution in [1.82, 2.24) is 0 Å². The van der Waals surface area contributed by atoms with Crippen LogP contribution in [0.15, 0.2) is 0 Å². The van der Waals surface area contributed by atoms with Crippen LogP contribution in [-0.2, 0) is 20.4 Å². The van der Waals surface area contributed by atoms with Crippen LogP contribution in [0.3, 0.4) is 0 Å². The van der Waals surface area contributed by atoms with Crippen molar-refractivity contribution in [3.05, 3.63) is 0 Å². The average Bonchev–Trinajstić information content (AvgIpc) is 1.54. The van der Waals surface area contributed by atoms with Gasteiger partial charge >= 0.3 is 0 Å². The first-order chi connectivity index (χ1) is 5.20. The standard InChI is InChI=1S/2C2H4O2.C2H6OS/c2*1-2(3)4;1-4(2)3/h2*1H3,(H,3,4);1-2H3. The van der Waals surface area contributed by atoms with Crippen LogP contribution in [0.1, 0.15) is 13.8 Å². The predicted octanol–water partition coefficient (Wildman–Crippen LogP) is 0.176. The molecule has 0 unspecified atom stereocenters. The van der Waals surface area contributed by atoms with Gasteiger partial charge in [-0.05, 0) is 0 Å². The van der Waals surface area contributed by atoms with E-state index in [1.54, 1.807) is 12.5 Å². The summed E-state index contributed by atoms with van der Waals surface area (Å²) in [5.41, 5.74) is 0. The summed E-state index contributed by atoms with van der Waals surface area (Å²) in [6, 6.07) is 0. The van der Waals surface area contributed by atoms with E-state index in [4.69, 9.17) is 19.8 Å². The Balaban J connectivity index is -0.000000101. The predicted molar refractivity (Wildman–Crippen MR) is 46.6 cm³/mol. The average molecular weight is 198 g/mol. The molecule has 0 radical (unpaired) electrons. The number of hydrogen-bond acceptors (Lipinski definition) is 3. The highest BCUT2D eigenvalue weighted by Crippen LogP contribution is 1.47. The van der Waals surface area contributed by atoms with Gasteiger partial charge in [-0.25, -0.2) is 0 Å². The van der Waals surface area contributed by atoms with E-state index in [0.717, 1.165) is 13.8 Å². The lowest BCUT2D eigenvalue weighted by Gasteiger charge is -1.60. The van der Waals surface area contributed by atoms with Gasteiger partial charge in [0.15, 0.2) is 0 Å². The maximum atomic E-state index is 9.56. The molecular weight excluding hydrogens is 184 g/mol. The van der Waals surface area contributed by atoms with E-state index in [0.29, 0.717) is 0 Å². The van der Waals surface area contributed by atoms with Gasteiger partial charge in [-0.2, -0.15) is 0 Å². The Bertz CT molecular complexity index is 113. The van der Waals surface area contributed by atoms with Crippen LogP contribution in [0, 0.1) is 0 Å². The summed E-state index contributed by atoms with van der Waals surface area (Å²) in [5.74, 6) is -1.67. The van der Waals surface area contributed by atoms with Gasteiger partial charge in [0.05, 0.1) is 0 Å². The van der Waals surface area contributed by atoms with E-state index >= 15 is 0 Å². The third-order valence-electron chi connectivity index (χ3n) is 0. The Morgan fingerprint density at radius 3 is 1.00 bits per heavy atom. The normalized spacial score (nSPS) is 7.08. The molecule has 0 aromatic heterocycles. The third kappa shape index (κ3) is 718. The molecule has 5 nitrogen and oxygen atoms in total. The highest BCUT2D eigenvalue weighted by Gasteiger charge is 1.65. The minimum Gasteiger partial charge on any atom is -0.481 e. The van der Waals surface area contributed by atoms with Gasteiger partial charge in [-0.1, -0.05) is 0 Å². The van der Waals surface area contributed by atoms with E-state index in [-0.39, 0.29) is 0 Å². The summed E-state index contributed by atoms with van der Waals surface area (Å²) in [6.07, 6.45) is 3.28. The first kappa shape index (κ1) is 17.3. The van der Waals surface area contributed by atoms with Crippen LogP contribution >= 0.6 is 0 Å². The lowest BCUT2D eigenvalue weighted by Crippen LogP contribution is -1.78. The molecule has 0 aromatic rings. The molecule has 0 aliphatic rings. The molecule has 12 heavy (non-hydrogen) atoms. The van der Waals surface area contributed by atoms with Crippen molar-refractivity contribution in [3.63, 3.8) is 0 Å². The molecule has 0 saturated carbocycles. The summed E-state index contributed by atoms with van der Waals surface area (Å²) in [7, 11) is -0.611. The van der Waals surface area contributed by atoms with Gasteiger partial charge < -0.3 is 10.2 Å². The summed E-state index contributed by atoms with van der Waals surface area (Å²) >= 11 is 0. The van der Waals surface area contributed by atoms with Crippen LogP contribution < -0.4 is 0 Å². The molecule has 0 atom stereocenters. The molecular formula is C6H14O5S. The Morgan fingerprint density at radius 1 is 1.00 bits per heavy atom. The fraction of sp³-hybridized carbons (Fsp3) is 0.667. The van der Waals surface area contributed by atoms with Crippen molar-refractivity contribution in [2.75, 3.05) is 12.5 Å². The lowest BCUT2D eigenvalue weighted by atomic mass is 10.9. The van der Waals surface area contributed by atoms with Crippen LogP contribution in [0.25, 0.3) is 0 Å². The molecule has 0 saturated heterocycles. The first-order valence-electron chi connectivity index (χ1n) is 2.84. The van der Waals surface area contributed by atoms with Crippen LogP contribution in [0.2, 0.25) is 0 Å². The Labute approximate surface area is 73.9 Å². The molecule has 0 spiro atoms. The topological polar surface area (TPSA) is 91.7 Å². The van der Waals surface area contributed by atoms with Crippen molar-refractivity contribution in [2.45, 2.75) is 13.8 Å². The number of rotatable bonds is 0. The zero-order chi connectivity index (χ0) is 10.7. The van der Waals surface area contributed by atoms with Crippen LogP contribution in [-0.4, -0.2) is 38.9 Å². The Kier molecular flexibility index (Phi) is 18.3. The number of hydrogen-bond donors (Lipinski definition) is 2. The molecule has 0 amide bonds. The number of carbonyl (C=O) groups is 2. The van der Waals surface area contributed by atoms with Crippen molar-refractivity contribution in [1.29, 1.82) is 0 Å². The fourth-order valence-electron chi connectivity index (χ4n) is 0. The van der Waals surface area contributed by atoms with Crippen molar-refractivity contribution >= 4 is 22.7 Å². The third-order valence-corrected chi connectivity index (χ3v) is 0. The van der Waals surface area contributed by atoms with E-state index in [2.05, 4.69) is 0 Å². The molecule has 6 heteroatoms. The molecule has 0 aromatic carbocycles. The highest BCUT2D eigenvalue weighted by atomic mass is 32.2. The maximum Gasteiger partial charge on any atom is 0.300 e. The van der Waals surface area contributed by atoms with Gasteiger partial charge in [-0.15, -0.1) is 0 Å². The van der Waals surface area contributed by atoms with Gasteiger partial charge in [0.25, 0.3) is 11.9 Å². The van der Waals surface area contributed by atoms with Crippen molar-refractivity contribution in [2.24, 2.45) is 0 Å². The van der Waals surface area contributed by atoms with E-state index < -0.39 is 22.7 Å². The zero-order valence-electron chi connectivity index (χ0n) is 7.53. The second kappa shape index (κ2) is 12.7. The monoisotopic (exact) mass is 198 g/mol. The van der Waals surface area contributed by atoms with Gasteiger partial charge in [0.2, 0.25) is 0 Å². The minimum atomic E-state index is -0.833. The largest absolute Gasteiger partial charge is 0.481 e. The molecule has 0 aliphatic heterocycles. The summed E-state index contributed by atoms with van der Waals surface area (Å²) in [5, 5.41) is 14.8. The molecule has 0 heterocycles. The van der Waals surface area contributed by atoms with Crippen LogP contribution in [0.4, 0.5) is 0 Å². The Morgan fingerprint density at radius 2 is 1.00 bits per heavy atom. The van der Waals surface area contributed by atoms with Gasteiger partial charge in [0.1, 0.15) is 0 Å². The first-order valence-corrected chi connectivity index (χ1v) is 4.80. The van der Waals surface area contributed by atoms with Crippen molar-refractivity contribution in [3.8, 4) is 0 Å². The smallest absolute Gasteiger partial charge is 0.300 e. The van der Waals surface area contributed by atoms with E-state index in [1.807, 2.05) is 0 Å². The number of aliphatic carboxylic acids is 2. The van der Waals surface area contributed by atoms with Crippen LogP contribution in [0.5, 0.6) is 0 Å². The second-order valence-electron chi connectivity index (χ2n) is 1.78. The molecule has 0 rings (SSSR count). The molecule has 0 bridgehead atoms. The van der Waals surface area contributed by atoms with Gasteiger partial charge in [0, 0.05) is 37.2 Å². The quantitative estimate of drug-likeness (QED) is 0.579. The second-order valence-corrected chi connectivity index (χ2v) is 3.26. The summed E-state index contributed by atoms with van der Waals surface area (Å²) in [4.78, 5) is 18.0. The number of carboxylic acid groups (broad SMARTS) is 2. The van der Waals surface area contributed by atoms with E-state index in [1.165, 1.54) is 0 Å². The van der Waals surface area contributed by atoms with Gasteiger partial charge in [-0.3, -0.25) is 13.8 Å². The summed E-state index contributed by atoms with van der Waals surface area (Å²) < 4.78 is 9.56. The number of carboxylic acids is 2. The fourth-order valence-corrected chi connectivity index (χ4v) is 0. The van der Waals surface area contributed by atoms with E-state index in [9.17, 15) is 4.21 Å². The molecule has 0 aliphatic carbocycles. The lowest BCUT2D eigenvalue weighted by molar-refractivity contribution is -0.135. The zero-order valence-corrected chi connectivity index (χ0v) is 8.34. The maximum absolute atomic E-state index is 9.56. The SMILES string of the molecule is CC(=O)O.CC(=O)O.CS(C)=O. The molecule has 0 fully saturated rings. The minimum absolute atomic E-state index is 0.611. The van der Waals surface area contributed by atoms with Crippen molar-refractivity contribution < 1.29 is 24.0 Å². The molecule has 74 valence electrons.